The molecular weight excluding hydrogens is 229 g/mol. The van der Waals surface area contributed by atoms with Crippen LogP contribution in [-0.2, 0) is 0 Å². The van der Waals surface area contributed by atoms with Crippen molar-refractivity contribution >= 4 is 11.5 Å². The van der Waals surface area contributed by atoms with Gasteiger partial charge >= 0.3 is 0 Å². The first-order valence-electron chi connectivity index (χ1n) is 6.28. The number of benzene rings is 1. The van der Waals surface area contributed by atoms with Gasteiger partial charge in [0.05, 0.1) is 5.69 Å². The van der Waals surface area contributed by atoms with E-state index in [2.05, 4.69) is 18.7 Å². The van der Waals surface area contributed by atoms with Crippen LogP contribution in [0.5, 0.6) is 0 Å². The van der Waals surface area contributed by atoms with Gasteiger partial charge in [0.25, 0.3) is 0 Å². The summed E-state index contributed by atoms with van der Waals surface area (Å²) in [5.74, 6) is -0.386. The normalized spacial score (nSPS) is 18.7. The summed E-state index contributed by atoms with van der Waals surface area (Å²) in [7, 11) is 0. The van der Waals surface area contributed by atoms with Crippen LogP contribution < -0.4 is 10.6 Å². The minimum atomic E-state index is -0.289. The number of amidine groups is 1. The van der Waals surface area contributed by atoms with Gasteiger partial charge < -0.3 is 10.6 Å². The topological polar surface area (TPSA) is 53.1 Å². The lowest BCUT2D eigenvalue weighted by Crippen LogP contribution is -2.37. The Kier molecular flexibility index (Phi) is 3.28. The standard InChI is InChI=1S/C14H20FN3/c1-14(2)5-7-18(8-6-14)12-4-3-10(13(16)17)9-11(12)15/h3-4,9H,5-8H2,1-2H3,(H3,16,17). The monoisotopic (exact) mass is 249 g/mol. The average Bonchev–Trinajstić information content (AvgIpc) is 2.29. The second-order valence-corrected chi connectivity index (χ2v) is 5.73. The first kappa shape index (κ1) is 12.9. The number of hydrogen-bond donors (Lipinski definition) is 2. The highest BCUT2D eigenvalue weighted by Crippen LogP contribution is 2.33. The van der Waals surface area contributed by atoms with Crippen LogP contribution in [0.3, 0.4) is 0 Å². The van der Waals surface area contributed by atoms with Crippen molar-refractivity contribution in [3.63, 3.8) is 0 Å². The molecule has 0 saturated carbocycles. The van der Waals surface area contributed by atoms with Gasteiger partial charge in [0.1, 0.15) is 11.7 Å². The molecule has 1 heterocycles. The second-order valence-electron chi connectivity index (χ2n) is 5.73. The Labute approximate surface area is 107 Å². The van der Waals surface area contributed by atoms with Gasteiger partial charge in [-0.3, -0.25) is 5.41 Å². The maximum Gasteiger partial charge on any atom is 0.147 e. The lowest BCUT2D eigenvalue weighted by atomic mass is 9.82. The number of nitrogens with zero attached hydrogens (tertiary/aromatic N) is 1. The van der Waals surface area contributed by atoms with Crippen LogP contribution in [0.2, 0.25) is 0 Å². The molecule has 0 spiro atoms. The fourth-order valence-electron chi connectivity index (χ4n) is 2.28. The van der Waals surface area contributed by atoms with E-state index in [9.17, 15) is 4.39 Å². The Morgan fingerprint density at radius 1 is 1.33 bits per heavy atom. The molecule has 1 fully saturated rings. The summed E-state index contributed by atoms with van der Waals surface area (Å²) >= 11 is 0. The largest absolute Gasteiger partial charge is 0.384 e. The van der Waals surface area contributed by atoms with E-state index >= 15 is 0 Å². The zero-order chi connectivity index (χ0) is 13.3. The van der Waals surface area contributed by atoms with Crippen LogP contribution in [0.25, 0.3) is 0 Å². The van der Waals surface area contributed by atoms with E-state index in [0.717, 1.165) is 25.9 Å². The van der Waals surface area contributed by atoms with E-state index < -0.39 is 0 Å². The van der Waals surface area contributed by atoms with Crippen LogP contribution in [0.15, 0.2) is 18.2 Å². The number of nitrogens with one attached hydrogen (secondary N) is 1. The molecule has 1 aliphatic heterocycles. The van der Waals surface area contributed by atoms with Gasteiger partial charge in [0.2, 0.25) is 0 Å². The van der Waals surface area contributed by atoms with Gasteiger partial charge in [0.15, 0.2) is 0 Å². The van der Waals surface area contributed by atoms with E-state index in [1.54, 1.807) is 12.1 Å². The van der Waals surface area contributed by atoms with Crippen molar-refractivity contribution in [3.05, 3.63) is 29.6 Å². The molecule has 0 unspecified atom stereocenters. The molecule has 0 atom stereocenters. The minimum Gasteiger partial charge on any atom is -0.384 e. The quantitative estimate of drug-likeness (QED) is 0.625. The molecule has 3 N–H and O–H groups in total. The molecule has 1 aromatic rings. The molecule has 98 valence electrons. The molecule has 1 aliphatic rings. The van der Waals surface area contributed by atoms with Crippen molar-refractivity contribution in [1.82, 2.24) is 0 Å². The lowest BCUT2D eigenvalue weighted by molar-refractivity contribution is 0.279. The summed E-state index contributed by atoms with van der Waals surface area (Å²) < 4.78 is 14.0. The molecule has 0 radical (unpaired) electrons. The number of hydrogen-bond acceptors (Lipinski definition) is 2. The van der Waals surface area contributed by atoms with Crippen molar-refractivity contribution in [2.45, 2.75) is 26.7 Å². The Hall–Kier alpha value is -1.58. The van der Waals surface area contributed by atoms with E-state index in [0.29, 0.717) is 16.7 Å². The van der Waals surface area contributed by atoms with Gasteiger partial charge in [-0.25, -0.2) is 4.39 Å². The summed E-state index contributed by atoms with van der Waals surface area (Å²) in [5.41, 5.74) is 6.76. The Morgan fingerprint density at radius 3 is 2.44 bits per heavy atom. The number of anilines is 1. The predicted octanol–water partition coefficient (Wildman–Crippen LogP) is 2.74. The van der Waals surface area contributed by atoms with Crippen molar-refractivity contribution < 1.29 is 4.39 Å². The highest BCUT2D eigenvalue weighted by molar-refractivity contribution is 5.95. The van der Waals surface area contributed by atoms with Crippen molar-refractivity contribution in [2.24, 2.45) is 11.1 Å². The van der Waals surface area contributed by atoms with Crippen molar-refractivity contribution in [1.29, 1.82) is 5.41 Å². The Balaban J connectivity index is 2.17. The third-order valence-corrected chi connectivity index (χ3v) is 3.72. The second kappa shape index (κ2) is 4.59. The van der Waals surface area contributed by atoms with Crippen LogP contribution in [0.4, 0.5) is 10.1 Å². The van der Waals surface area contributed by atoms with E-state index in [1.165, 1.54) is 6.07 Å². The summed E-state index contributed by atoms with van der Waals surface area (Å²) in [5, 5.41) is 7.30. The van der Waals surface area contributed by atoms with E-state index in [1.807, 2.05) is 0 Å². The van der Waals surface area contributed by atoms with Crippen LogP contribution in [0.1, 0.15) is 32.3 Å². The average molecular weight is 249 g/mol. The maximum atomic E-state index is 14.0. The molecular formula is C14H20FN3. The zero-order valence-corrected chi connectivity index (χ0v) is 11.0. The summed E-state index contributed by atoms with van der Waals surface area (Å²) in [4.78, 5) is 2.07. The maximum absolute atomic E-state index is 14.0. The SMILES string of the molecule is CC1(C)CCN(c2ccc(C(=N)N)cc2F)CC1. The van der Waals surface area contributed by atoms with Gasteiger partial charge in [-0.15, -0.1) is 0 Å². The Morgan fingerprint density at radius 2 is 1.94 bits per heavy atom. The summed E-state index contributed by atoms with van der Waals surface area (Å²) in [6, 6.07) is 4.78. The smallest absolute Gasteiger partial charge is 0.147 e. The number of halogens is 1. The molecule has 2 rings (SSSR count). The Bertz CT molecular complexity index is 458. The number of rotatable bonds is 2. The van der Waals surface area contributed by atoms with Crippen molar-refractivity contribution in [2.75, 3.05) is 18.0 Å². The van der Waals surface area contributed by atoms with Crippen molar-refractivity contribution in [3.8, 4) is 0 Å². The third-order valence-electron chi connectivity index (χ3n) is 3.72. The molecule has 1 saturated heterocycles. The first-order valence-corrected chi connectivity index (χ1v) is 6.28. The molecule has 0 amide bonds. The van der Waals surface area contributed by atoms with Gasteiger partial charge in [-0.2, -0.15) is 0 Å². The van der Waals surface area contributed by atoms with Gasteiger partial charge in [-0.05, 0) is 36.5 Å². The van der Waals surface area contributed by atoms with Gasteiger partial charge in [0, 0.05) is 18.7 Å². The third kappa shape index (κ3) is 2.63. The van der Waals surface area contributed by atoms with Crippen LogP contribution >= 0.6 is 0 Å². The number of piperidine rings is 1. The number of nitrogens with two attached hydrogens (primary N) is 1. The van der Waals surface area contributed by atoms with E-state index in [4.69, 9.17) is 11.1 Å². The van der Waals surface area contributed by atoms with Crippen LogP contribution in [0, 0.1) is 16.6 Å². The predicted molar refractivity (Wildman–Crippen MR) is 72.6 cm³/mol. The van der Waals surface area contributed by atoms with Gasteiger partial charge in [-0.1, -0.05) is 13.8 Å². The zero-order valence-electron chi connectivity index (χ0n) is 11.0. The summed E-state index contributed by atoms with van der Waals surface area (Å²) in [6.07, 6.45) is 2.14. The lowest BCUT2D eigenvalue weighted by Gasteiger charge is -2.38. The highest BCUT2D eigenvalue weighted by atomic mass is 19.1. The first-order chi connectivity index (χ1) is 8.39. The fraction of sp³-hybridized carbons (Fsp3) is 0.500. The molecule has 3 nitrogen and oxygen atoms in total. The van der Waals surface area contributed by atoms with Crippen LogP contribution in [-0.4, -0.2) is 18.9 Å². The molecule has 1 aromatic carbocycles. The molecule has 0 aromatic heterocycles. The fourth-order valence-corrected chi connectivity index (χ4v) is 2.28. The molecule has 18 heavy (non-hydrogen) atoms. The molecule has 0 aliphatic carbocycles. The summed E-state index contributed by atoms with van der Waals surface area (Å²) in [6.45, 7) is 6.26. The molecule has 0 bridgehead atoms. The number of nitrogen functional groups attached to an aromatic ring is 1. The highest BCUT2D eigenvalue weighted by Gasteiger charge is 2.26. The van der Waals surface area contributed by atoms with E-state index in [-0.39, 0.29) is 11.7 Å². The molecule has 4 heteroatoms. The minimum absolute atomic E-state index is 0.0970.